The van der Waals surface area contributed by atoms with Gasteiger partial charge in [0.2, 0.25) is 82.7 Å². The molecule has 5 rings (SSSR count). The van der Waals surface area contributed by atoms with Crippen molar-refractivity contribution in [3.63, 3.8) is 0 Å². The Morgan fingerprint density at radius 3 is 1.81 bits per heavy atom. The third-order valence-corrected chi connectivity index (χ3v) is 22.4. The maximum Gasteiger partial charge on any atom is 0.305 e. The van der Waals surface area contributed by atoms with Crippen LogP contribution in [0.2, 0.25) is 0 Å². The molecule has 118 heavy (non-hydrogen) atoms. The fourth-order valence-electron chi connectivity index (χ4n) is 12.0. The minimum Gasteiger partial charge on any atom is -0.481 e. The minimum atomic E-state index is -4.56. The predicted octanol–water partition coefficient (Wildman–Crippen LogP) is -5.27. The van der Waals surface area contributed by atoms with Crippen LogP contribution in [0.25, 0.3) is 10.8 Å². The van der Waals surface area contributed by atoms with Crippen molar-refractivity contribution in [2.45, 2.75) is 156 Å². The zero-order valence-corrected chi connectivity index (χ0v) is 68.4. The zero-order chi connectivity index (χ0) is 86.5. The van der Waals surface area contributed by atoms with Crippen LogP contribution in [0.5, 0.6) is 0 Å². The Balaban J connectivity index is 1.38. The molecule has 14 amide bonds. The van der Waals surface area contributed by atoms with E-state index in [4.69, 9.17) is 28.7 Å². The average Bonchev–Trinajstić information content (AvgIpc) is 0.831. The van der Waals surface area contributed by atoms with Gasteiger partial charge < -0.3 is 114 Å². The van der Waals surface area contributed by atoms with Crippen LogP contribution in [0.3, 0.4) is 0 Å². The maximum atomic E-state index is 14.8. The molecule has 650 valence electrons. The number of guanidine groups is 1. The first-order chi connectivity index (χ1) is 56.3. The molecule has 2 bridgehead atoms. The van der Waals surface area contributed by atoms with E-state index in [9.17, 15) is 94.8 Å². The second-order valence-electron chi connectivity index (χ2n) is 27.7. The number of nitrogens with zero attached hydrogens (tertiary/aromatic N) is 1. The molecule has 2 aliphatic heterocycles. The minimum absolute atomic E-state index is 0.00465. The van der Waals surface area contributed by atoms with Crippen molar-refractivity contribution >= 4 is 160 Å². The molecule has 3 aromatic rings. The lowest BCUT2D eigenvalue weighted by molar-refractivity contribution is -0.141. The first kappa shape index (κ1) is 98.3. The number of benzene rings is 3. The number of hydrogen-bond donors (Lipinski definition) is 22. The van der Waals surface area contributed by atoms with Crippen molar-refractivity contribution in [1.82, 2.24) is 74.4 Å². The molecule has 0 spiro atoms. The third-order valence-electron chi connectivity index (χ3n) is 18.0. The molecule has 0 aliphatic carbocycles. The van der Waals surface area contributed by atoms with Crippen molar-refractivity contribution in [2.75, 3.05) is 100 Å². The first-order valence-corrected chi connectivity index (χ1v) is 43.5. The molecule has 2 saturated heterocycles. The van der Waals surface area contributed by atoms with Gasteiger partial charge in [0, 0.05) is 113 Å². The van der Waals surface area contributed by atoms with Gasteiger partial charge in [0.1, 0.15) is 59.0 Å². The summed E-state index contributed by atoms with van der Waals surface area (Å²) < 4.78 is 33.5. The van der Waals surface area contributed by atoms with E-state index in [2.05, 4.69) is 84.7 Å². The standard InChI is InChI=1S/C73H109N21O20S4/c74-24-29-79-35-44(36-80-30-25-75)31-47(95)14-9-19-58(96)81-26-6-4-15-49(65(76)104)87-61(99)37-85-67(106)54-39-115-42-63(101)88-51(16-5-7-27-82-59(97)22-23-60(98)86-46-20-21-48-45(33-46)13-8-18-57(48)118(112,113)114)68(107)93-55-40-116-117-41-56(72(111)91-52(69(108)92-54)32-43-11-2-1-3-12-43)94-70(109)53(34-64(102)103)89-62(100)38-84-66(105)50(90-71(55)110)17-10-28-83-73(77)78/h1-3,8,11-13,18,20-21,33,44,49-56,79-80H,4-7,9-10,14-17,19,22-32,34-42,74-75H2,(H2,76,104)(H,81,96)(H,82,97)(H,84,105)(H,85,106)(H,86,98)(H,87,99)(H,88,101)(H,89,100)(H,90,110)(H,91,111)(H,92,108)(H,93,107)(H,94,109)(H,102,103)(H4,77,78,83)(H,112,113,114)/t49-,50-,51-,52?,53-,54-,55-,56-/m0/s1. The summed E-state index contributed by atoms with van der Waals surface area (Å²) in [5, 5.41) is 50.0. The number of fused-ring (bicyclic) bond motifs is 6. The van der Waals surface area contributed by atoms with Crippen molar-refractivity contribution in [3.8, 4) is 0 Å². The number of primary amides is 1. The fourth-order valence-corrected chi connectivity index (χ4v) is 15.9. The van der Waals surface area contributed by atoms with Crippen molar-refractivity contribution in [1.29, 1.82) is 0 Å². The number of carbonyl (C=O) groups is 16. The highest BCUT2D eigenvalue weighted by Crippen LogP contribution is 2.27. The van der Waals surface area contributed by atoms with Crippen LogP contribution in [-0.2, 0) is 93.3 Å². The smallest absolute Gasteiger partial charge is 0.305 e. The molecule has 0 radical (unpaired) electrons. The molecule has 1 unspecified atom stereocenters. The first-order valence-electron chi connectivity index (χ1n) is 38.4. The van der Waals surface area contributed by atoms with E-state index in [-0.39, 0.29) is 142 Å². The normalized spacial score (nSPS) is 19.2. The van der Waals surface area contributed by atoms with Crippen LogP contribution in [-0.4, -0.2) is 262 Å². The number of ketones is 1. The van der Waals surface area contributed by atoms with E-state index in [0.717, 1.165) is 33.3 Å². The number of Topliss-reactive ketones (excluding diaryl/α,β-unsaturated/α-hetero) is 1. The van der Waals surface area contributed by atoms with E-state index in [0.29, 0.717) is 69.5 Å². The van der Waals surface area contributed by atoms with E-state index in [1.807, 2.05) is 0 Å². The average molecular weight is 1730 g/mol. The lowest BCUT2D eigenvalue weighted by atomic mass is 9.99. The quantitative estimate of drug-likeness (QED) is 0.00828. The number of nitrogens with one attached hydrogen (secondary N) is 15. The number of thioether (sulfide) groups is 1. The largest absolute Gasteiger partial charge is 0.481 e. The topological polar surface area (TPSA) is 671 Å². The molecule has 2 heterocycles. The van der Waals surface area contributed by atoms with Gasteiger partial charge in [-0.05, 0) is 106 Å². The summed E-state index contributed by atoms with van der Waals surface area (Å²) in [5.41, 5.74) is 28.7. The molecule has 2 aliphatic rings. The van der Waals surface area contributed by atoms with Crippen LogP contribution < -0.4 is 108 Å². The molecular formula is C73H109N21O20S4. The van der Waals surface area contributed by atoms with Crippen LogP contribution in [0, 0.1) is 5.92 Å². The van der Waals surface area contributed by atoms with Gasteiger partial charge in [-0.15, -0.1) is 11.8 Å². The van der Waals surface area contributed by atoms with Gasteiger partial charge in [-0.3, -0.25) is 86.3 Å². The van der Waals surface area contributed by atoms with Crippen molar-refractivity contribution in [2.24, 2.45) is 39.6 Å². The number of hydrogen-bond acceptors (Lipinski definition) is 26. The van der Waals surface area contributed by atoms with Crippen LogP contribution in [0.15, 0.2) is 76.6 Å². The number of carboxylic acid groups (broad SMARTS) is 1. The highest BCUT2D eigenvalue weighted by Gasteiger charge is 2.36. The van der Waals surface area contributed by atoms with Gasteiger partial charge in [-0.25, -0.2) is 0 Å². The number of carboxylic acids is 1. The number of rotatable bonds is 42. The van der Waals surface area contributed by atoms with E-state index in [1.54, 1.807) is 36.4 Å². The summed E-state index contributed by atoms with van der Waals surface area (Å²) in [4.78, 5) is 223. The summed E-state index contributed by atoms with van der Waals surface area (Å²) in [6.45, 7) is 1.67. The number of amides is 14. The number of aliphatic carboxylic acids is 1. The Morgan fingerprint density at radius 1 is 0.576 bits per heavy atom. The Labute approximate surface area is 694 Å². The Kier molecular flexibility index (Phi) is 44.3. The lowest BCUT2D eigenvalue weighted by Crippen LogP contribution is -2.60. The molecule has 8 atom stereocenters. The summed E-state index contributed by atoms with van der Waals surface area (Å²) >= 11 is 0.754. The van der Waals surface area contributed by atoms with Gasteiger partial charge in [-0.1, -0.05) is 70.1 Å². The Bertz CT molecular complexity index is 4080. The molecule has 41 nitrogen and oxygen atoms in total. The van der Waals surface area contributed by atoms with Gasteiger partial charge in [0.15, 0.2) is 5.96 Å². The Morgan fingerprint density at radius 2 is 1.18 bits per heavy atom. The molecule has 0 saturated carbocycles. The Hall–Kier alpha value is -10.3. The molecule has 3 aromatic carbocycles. The monoisotopic (exact) mass is 1730 g/mol. The van der Waals surface area contributed by atoms with E-state index in [1.165, 1.54) is 30.3 Å². The molecule has 27 N–H and O–H groups in total. The van der Waals surface area contributed by atoms with Gasteiger partial charge in [0.25, 0.3) is 10.1 Å². The SMILES string of the molecule is NCCNCC(CNCCN)CC(=O)CCCC(=O)NCCCC[C@H](NC(=O)CNC(=O)[C@@H]1CSCC(=O)N[C@@H](CCCCNC(=O)CCC(=O)Nc2ccc3c(S(=O)(=O)O)cccc3c2)C(=O)N[C@H]2CSSC[C@H](NC(=O)[C@H](CC(=O)O)NC(=O)CNC(=O)[C@H](CCCN=C(N)N)NC2=O)C(=O)NC(Cc2ccccc2)C(=O)N1)C(N)=O. The number of nitrogens with two attached hydrogens (primary N) is 5. The van der Waals surface area contributed by atoms with Crippen molar-refractivity contribution in [3.05, 3.63) is 72.3 Å². The number of unbranched alkanes of at least 4 members (excludes halogenated alkanes) is 2. The molecular weight excluding hydrogens is 1620 g/mol. The predicted molar refractivity (Wildman–Crippen MR) is 441 cm³/mol. The maximum absolute atomic E-state index is 14.8. The van der Waals surface area contributed by atoms with E-state index >= 15 is 0 Å². The van der Waals surface area contributed by atoms with Crippen LogP contribution in [0.4, 0.5) is 5.69 Å². The van der Waals surface area contributed by atoms with Crippen LogP contribution in [0.1, 0.15) is 102 Å². The van der Waals surface area contributed by atoms with E-state index < -0.39 is 178 Å². The van der Waals surface area contributed by atoms with Crippen LogP contribution >= 0.6 is 33.3 Å². The highest BCUT2D eigenvalue weighted by atomic mass is 33.1. The number of carbonyl (C=O) groups excluding carboxylic acids is 15. The van der Waals surface area contributed by atoms with Gasteiger partial charge >= 0.3 is 5.97 Å². The molecule has 45 heteroatoms. The lowest BCUT2D eigenvalue weighted by Gasteiger charge is -2.27. The summed E-state index contributed by atoms with van der Waals surface area (Å²) in [7, 11) is -2.86. The molecule has 0 aromatic heterocycles. The third kappa shape index (κ3) is 38.4. The zero-order valence-electron chi connectivity index (χ0n) is 65.2. The highest BCUT2D eigenvalue weighted by molar-refractivity contribution is 8.76. The number of aliphatic imine (C=N–C) groups is 1. The fraction of sp³-hybridized carbons (Fsp3) is 0.548. The second-order valence-corrected chi connectivity index (χ2v) is 32.7. The summed E-state index contributed by atoms with van der Waals surface area (Å²) in [6.07, 6.45) is -0.417. The van der Waals surface area contributed by atoms with Gasteiger partial charge in [-0.2, -0.15) is 8.42 Å². The number of anilines is 1. The summed E-state index contributed by atoms with van der Waals surface area (Å²) in [6, 6.07) is 3.95. The van der Waals surface area contributed by atoms with Crippen molar-refractivity contribution < 1.29 is 94.8 Å². The van der Waals surface area contributed by atoms with Gasteiger partial charge in [0.05, 0.1) is 25.3 Å². The molecule has 2 fully saturated rings. The second kappa shape index (κ2) is 53.2. The summed E-state index contributed by atoms with van der Waals surface area (Å²) in [5.74, 6) is -16.1.